The summed E-state index contributed by atoms with van der Waals surface area (Å²) in [5, 5.41) is 11.7. The summed E-state index contributed by atoms with van der Waals surface area (Å²) in [4.78, 5) is 18.4. The van der Waals surface area contributed by atoms with Gasteiger partial charge < -0.3 is 20.1 Å². The van der Waals surface area contributed by atoms with Crippen molar-refractivity contribution in [3.63, 3.8) is 0 Å². The van der Waals surface area contributed by atoms with Crippen LogP contribution in [0.3, 0.4) is 0 Å². The number of aliphatic hydroxyl groups is 1. The molecule has 3 N–H and O–H groups in total. The first kappa shape index (κ1) is 13.1. The van der Waals surface area contributed by atoms with E-state index in [0.29, 0.717) is 5.82 Å². The van der Waals surface area contributed by atoms with Crippen LogP contribution in [-0.4, -0.2) is 27.8 Å². The largest absolute Gasteiger partial charge is 0.445 e. The molecule has 1 amide bonds. The highest BCUT2D eigenvalue weighted by Gasteiger charge is 2.16. The van der Waals surface area contributed by atoms with Crippen molar-refractivity contribution in [2.75, 3.05) is 6.61 Å². The zero-order valence-corrected chi connectivity index (χ0v) is 10.2. The Bertz CT molecular complexity index is 499. The smallest absolute Gasteiger partial charge is 0.408 e. The normalized spacial score (nSPS) is 11.8. The number of amides is 1. The Labute approximate surface area is 110 Å². The van der Waals surface area contributed by atoms with Crippen molar-refractivity contribution in [1.82, 2.24) is 15.3 Å². The van der Waals surface area contributed by atoms with Gasteiger partial charge in [-0.1, -0.05) is 30.3 Å². The summed E-state index contributed by atoms with van der Waals surface area (Å²) < 4.78 is 5.06. The Kier molecular flexibility index (Phi) is 4.52. The molecule has 2 rings (SSSR count). The number of nitrogens with zero attached hydrogens (tertiary/aromatic N) is 1. The number of alkyl carbamates (subject to hydrolysis) is 1. The van der Waals surface area contributed by atoms with E-state index < -0.39 is 12.1 Å². The second-order valence-electron chi connectivity index (χ2n) is 3.92. The predicted octanol–water partition coefficient (Wildman–Crippen LogP) is 1.37. The molecule has 1 aromatic heterocycles. The molecule has 0 spiro atoms. The van der Waals surface area contributed by atoms with E-state index in [1.807, 2.05) is 30.3 Å². The van der Waals surface area contributed by atoms with Crippen molar-refractivity contribution in [2.45, 2.75) is 12.6 Å². The number of carbonyl (C=O) groups excluding carboxylic acids is 1. The molecule has 0 fully saturated rings. The molecule has 1 heterocycles. The number of benzene rings is 1. The minimum Gasteiger partial charge on any atom is -0.445 e. The van der Waals surface area contributed by atoms with Gasteiger partial charge in [-0.25, -0.2) is 9.78 Å². The van der Waals surface area contributed by atoms with Crippen LogP contribution in [0.15, 0.2) is 42.7 Å². The molecule has 0 saturated heterocycles. The van der Waals surface area contributed by atoms with Gasteiger partial charge in [-0.05, 0) is 5.56 Å². The van der Waals surface area contributed by atoms with E-state index in [-0.39, 0.29) is 13.2 Å². The topological polar surface area (TPSA) is 87.2 Å². The van der Waals surface area contributed by atoms with E-state index in [1.165, 1.54) is 0 Å². The summed E-state index contributed by atoms with van der Waals surface area (Å²) in [6, 6.07) is 8.76. The highest BCUT2D eigenvalue weighted by molar-refractivity contribution is 5.67. The standard InChI is InChI=1S/C13H15N3O3/c17-8-11(12-14-6-7-15-12)16-13(18)19-9-10-4-2-1-3-5-10/h1-7,11,17H,8-9H2,(H,14,15)(H,16,18). The van der Waals surface area contributed by atoms with Gasteiger partial charge in [-0.2, -0.15) is 0 Å². The zero-order chi connectivity index (χ0) is 13.5. The van der Waals surface area contributed by atoms with E-state index in [9.17, 15) is 9.90 Å². The first-order chi connectivity index (χ1) is 9.29. The molecule has 0 saturated carbocycles. The number of aromatic amines is 1. The van der Waals surface area contributed by atoms with Gasteiger partial charge in [-0.15, -0.1) is 0 Å². The minimum atomic E-state index is -0.599. The number of imidazole rings is 1. The van der Waals surface area contributed by atoms with Gasteiger partial charge >= 0.3 is 6.09 Å². The van der Waals surface area contributed by atoms with Gasteiger partial charge in [0.1, 0.15) is 18.5 Å². The van der Waals surface area contributed by atoms with Crippen LogP contribution >= 0.6 is 0 Å². The van der Waals surface area contributed by atoms with Gasteiger partial charge in [0.2, 0.25) is 0 Å². The SMILES string of the molecule is O=C(NC(CO)c1ncc[nH]1)OCc1ccccc1. The van der Waals surface area contributed by atoms with Crippen molar-refractivity contribution in [3.8, 4) is 0 Å². The Balaban J connectivity index is 1.84. The average molecular weight is 261 g/mol. The van der Waals surface area contributed by atoms with E-state index >= 15 is 0 Å². The third-order valence-corrected chi connectivity index (χ3v) is 2.54. The maximum absolute atomic E-state index is 11.6. The van der Waals surface area contributed by atoms with Crippen LogP contribution in [0.1, 0.15) is 17.4 Å². The number of aliphatic hydroxyl groups excluding tert-OH is 1. The quantitative estimate of drug-likeness (QED) is 0.758. The lowest BCUT2D eigenvalue weighted by Crippen LogP contribution is -2.31. The summed E-state index contributed by atoms with van der Waals surface area (Å²) >= 11 is 0. The molecule has 19 heavy (non-hydrogen) atoms. The lowest BCUT2D eigenvalue weighted by atomic mass is 10.2. The van der Waals surface area contributed by atoms with E-state index in [4.69, 9.17) is 4.74 Å². The Morgan fingerprint density at radius 3 is 2.84 bits per heavy atom. The summed E-state index contributed by atoms with van der Waals surface area (Å²) in [5.74, 6) is 0.485. The minimum absolute atomic E-state index is 0.184. The number of H-pyrrole nitrogens is 1. The van der Waals surface area contributed by atoms with Gasteiger partial charge in [0.05, 0.1) is 6.61 Å². The first-order valence-electron chi connectivity index (χ1n) is 5.87. The summed E-state index contributed by atoms with van der Waals surface area (Å²) in [7, 11) is 0. The molecule has 1 unspecified atom stereocenters. The average Bonchev–Trinajstić information content (AvgIpc) is 2.97. The van der Waals surface area contributed by atoms with Crippen molar-refractivity contribution >= 4 is 6.09 Å². The third-order valence-electron chi connectivity index (χ3n) is 2.54. The number of ether oxygens (including phenoxy) is 1. The zero-order valence-electron chi connectivity index (χ0n) is 10.2. The van der Waals surface area contributed by atoms with Crippen LogP contribution in [-0.2, 0) is 11.3 Å². The Morgan fingerprint density at radius 2 is 2.21 bits per heavy atom. The molecule has 100 valence electrons. The molecule has 1 aromatic carbocycles. The highest BCUT2D eigenvalue weighted by Crippen LogP contribution is 2.07. The van der Waals surface area contributed by atoms with E-state index in [1.54, 1.807) is 12.4 Å². The van der Waals surface area contributed by atoms with Gasteiger partial charge in [0.25, 0.3) is 0 Å². The molecule has 2 aromatic rings. The Hall–Kier alpha value is -2.34. The van der Waals surface area contributed by atoms with Crippen molar-refractivity contribution in [3.05, 3.63) is 54.1 Å². The number of hydrogen-bond acceptors (Lipinski definition) is 4. The van der Waals surface area contributed by atoms with Crippen LogP contribution in [0.4, 0.5) is 4.79 Å². The number of carbonyl (C=O) groups is 1. The van der Waals surface area contributed by atoms with E-state index in [0.717, 1.165) is 5.56 Å². The van der Waals surface area contributed by atoms with Crippen LogP contribution in [0.2, 0.25) is 0 Å². The van der Waals surface area contributed by atoms with Crippen molar-refractivity contribution in [1.29, 1.82) is 0 Å². The van der Waals surface area contributed by atoms with Crippen LogP contribution < -0.4 is 5.32 Å². The molecule has 6 heteroatoms. The lowest BCUT2D eigenvalue weighted by Gasteiger charge is -2.14. The highest BCUT2D eigenvalue weighted by atomic mass is 16.5. The van der Waals surface area contributed by atoms with Crippen LogP contribution in [0.5, 0.6) is 0 Å². The lowest BCUT2D eigenvalue weighted by molar-refractivity contribution is 0.128. The number of aromatic nitrogens is 2. The second-order valence-corrected chi connectivity index (χ2v) is 3.92. The van der Waals surface area contributed by atoms with Gasteiger partial charge in [-0.3, -0.25) is 0 Å². The first-order valence-corrected chi connectivity index (χ1v) is 5.87. The van der Waals surface area contributed by atoms with Crippen LogP contribution in [0, 0.1) is 0 Å². The monoisotopic (exact) mass is 261 g/mol. The van der Waals surface area contributed by atoms with Gasteiger partial charge in [0, 0.05) is 12.4 Å². The van der Waals surface area contributed by atoms with Crippen molar-refractivity contribution < 1.29 is 14.6 Å². The summed E-state index contributed by atoms with van der Waals surface area (Å²) in [6.07, 6.45) is 2.57. The molecule has 0 radical (unpaired) electrons. The Morgan fingerprint density at radius 1 is 1.42 bits per heavy atom. The molecule has 0 bridgehead atoms. The molecule has 0 aliphatic rings. The third kappa shape index (κ3) is 3.82. The van der Waals surface area contributed by atoms with Crippen molar-refractivity contribution in [2.24, 2.45) is 0 Å². The fourth-order valence-corrected chi connectivity index (χ4v) is 1.58. The molecular weight excluding hydrogens is 246 g/mol. The molecule has 0 aliphatic heterocycles. The number of hydrogen-bond donors (Lipinski definition) is 3. The number of rotatable bonds is 5. The van der Waals surface area contributed by atoms with Crippen LogP contribution in [0.25, 0.3) is 0 Å². The fourth-order valence-electron chi connectivity index (χ4n) is 1.58. The van der Waals surface area contributed by atoms with Gasteiger partial charge in [0.15, 0.2) is 0 Å². The molecule has 6 nitrogen and oxygen atoms in total. The molecule has 0 aliphatic carbocycles. The predicted molar refractivity (Wildman–Crippen MR) is 68.2 cm³/mol. The molecule has 1 atom stereocenters. The maximum atomic E-state index is 11.6. The van der Waals surface area contributed by atoms with E-state index in [2.05, 4.69) is 15.3 Å². The summed E-state index contributed by atoms with van der Waals surface area (Å²) in [6.45, 7) is -0.0725. The summed E-state index contributed by atoms with van der Waals surface area (Å²) in [5.41, 5.74) is 0.899. The maximum Gasteiger partial charge on any atom is 0.408 e. The molecular formula is C13H15N3O3. The fraction of sp³-hybridized carbons (Fsp3) is 0.231. The second kappa shape index (κ2) is 6.55. The number of nitrogens with one attached hydrogen (secondary N) is 2.